The van der Waals surface area contributed by atoms with Crippen molar-refractivity contribution < 1.29 is 19.2 Å². The SMILES string of the molecule is Cc1ccc(CN(C)C(=O)COC(=O)c2cccc([N+](=O)[O-])c2C)c(C)c1. The number of benzene rings is 2. The van der Waals surface area contributed by atoms with Crippen LogP contribution in [-0.2, 0) is 16.1 Å². The number of aryl methyl sites for hydroxylation is 2. The van der Waals surface area contributed by atoms with E-state index in [1.807, 2.05) is 32.0 Å². The lowest BCUT2D eigenvalue weighted by Crippen LogP contribution is -2.31. The number of hydrogen-bond acceptors (Lipinski definition) is 5. The summed E-state index contributed by atoms with van der Waals surface area (Å²) in [5.41, 5.74) is 3.36. The second-order valence-corrected chi connectivity index (χ2v) is 6.46. The third-order valence-corrected chi connectivity index (χ3v) is 4.38. The highest BCUT2D eigenvalue weighted by Gasteiger charge is 2.20. The Morgan fingerprint density at radius 1 is 1.15 bits per heavy atom. The van der Waals surface area contributed by atoms with E-state index in [-0.39, 0.29) is 22.7 Å². The Morgan fingerprint density at radius 3 is 2.48 bits per heavy atom. The molecule has 0 aliphatic carbocycles. The Hall–Kier alpha value is -3.22. The molecule has 7 nitrogen and oxygen atoms in total. The molecule has 27 heavy (non-hydrogen) atoms. The van der Waals surface area contributed by atoms with Gasteiger partial charge in [-0.3, -0.25) is 14.9 Å². The summed E-state index contributed by atoms with van der Waals surface area (Å²) in [6.07, 6.45) is 0. The molecule has 0 radical (unpaired) electrons. The molecule has 7 heteroatoms. The Labute approximate surface area is 157 Å². The third kappa shape index (κ3) is 4.91. The molecule has 0 atom stereocenters. The summed E-state index contributed by atoms with van der Waals surface area (Å²) < 4.78 is 5.06. The zero-order chi connectivity index (χ0) is 20.1. The summed E-state index contributed by atoms with van der Waals surface area (Å²) in [7, 11) is 1.63. The minimum Gasteiger partial charge on any atom is -0.452 e. The fraction of sp³-hybridized carbons (Fsp3) is 0.300. The predicted octanol–water partition coefficient (Wildman–Crippen LogP) is 3.34. The minimum atomic E-state index is -0.760. The van der Waals surface area contributed by atoms with Gasteiger partial charge in [0.25, 0.3) is 11.6 Å². The van der Waals surface area contributed by atoms with E-state index in [1.54, 1.807) is 7.05 Å². The van der Waals surface area contributed by atoms with E-state index in [9.17, 15) is 19.7 Å². The molecular formula is C20H22N2O5. The molecule has 0 spiro atoms. The Kier molecular flexibility index (Phi) is 6.28. The van der Waals surface area contributed by atoms with E-state index in [2.05, 4.69) is 0 Å². The van der Waals surface area contributed by atoms with Crippen LogP contribution in [0.5, 0.6) is 0 Å². The zero-order valence-corrected chi connectivity index (χ0v) is 15.8. The highest BCUT2D eigenvalue weighted by Crippen LogP contribution is 2.21. The summed E-state index contributed by atoms with van der Waals surface area (Å²) >= 11 is 0. The van der Waals surface area contributed by atoms with Crippen LogP contribution in [-0.4, -0.2) is 35.4 Å². The summed E-state index contributed by atoms with van der Waals surface area (Å²) in [4.78, 5) is 36.3. The number of nitrogens with zero attached hydrogens (tertiary/aromatic N) is 2. The number of hydrogen-bond donors (Lipinski definition) is 0. The fourth-order valence-corrected chi connectivity index (χ4v) is 2.72. The maximum Gasteiger partial charge on any atom is 0.339 e. The van der Waals surface area contributed by atoms with Gasteiger partial charge in [0.1, 0.15) is 0 Å². The van der Waals surface area contributed by atoms with Gasteiger partial charge in [-0.15, -0.1) is 0 Å². The van der Waals surface area contributed by atoms with Gasteiger partial charge in [0, 0.05) is 25.2 Å². The molecule has 1 amide bonds. The van der Waals surface area contributed by atoms with Gasteiger partial charge in [0.15, 0.2) is 6.61 Å². The molecule has 2 aromatic carbocycles. The van der Waals surface area contributed by atoms with Gasteiger partial charge in [-0.05, 0) is 38.0 Å². The van der Waals surface area contributed by atoms with E-state index >= 15 is 0 Å². The second-order valence-electron chi connectivity index (χ2n) is 6.46. The van der Waals surface area contributed by atoms with Crippen LogP contribution in [0.1, 0.15) is 32.6 Å². The zero-order valence-electron chi connectivity index (χ0n) is 15.8. The molecule has 0 saturated heterocycles. The molecule has 2 aromatic rings. The van der Waals surface area contributed by atoms with Gasteiger partial charge in [-0.2, -0.15) is 0 Å². The number of nitro benzene ring substituents is 1. The number of ether oxygens (including phenoxy) is 1. The first-order chi connectivity index (χ1) is 12.7. The fourth-order valence-electron chi connectivity index (χ4n) is 2.72. The molecule has 142 valence electrons. The van der Waals surface area contributed by atoms with Gasteiger partial charge >= 0.3 is 5.97 Å². The van der Waals surface area contributed by atoms with Crippen LogP contribution in [0, 0.1) is 30.9 Å². The van der Waals surface area contributed by atoms with Crippen LogP contribution in [0.2, 0.25) is 0 Å². The van der Waals surface area contributed by atoms with Crippen LogP contribution in [0.3, 0.4) is 0 Å². The molecule has 0 aliphatic rings. The number of amides is 1. The van der Waals surface area contributed by atoms with E-state index in [4.69, 9.17) is 4.74 Å². The largest absolute Gasteiger partial charge is 0.452 e. The van der Waals surface area contributed by atoms with Gasteiger partial charge in [-0.25, -0.2) is 4.79 Å². The lowest BCUT2D eigenvalue weighted by molar-refractivity contribution is -0.385. The van der Waals surface area contributed by atoms with Crippen molar-refractivity contribution in [2.24, 2.45) is 0 Å². The number of rotatable bonds is 6. The van der Waals surface area contributed by atoms with Crippen LogP contribution in [0.15, 0.2) is 36.4 Å². The molecule has 0 fully saturated rings. The quantitative estimate of drug-likeness (QED) is 0.442. The normalized spacial score (nSPS) is 10.4. The summed E-state index contributed by atoms with van der Waals surface area (Å²) in [5.74, 6) is -1.11. The van der Waals surface area contributed by atoms with E-state index in [0.717, 1.165) is 16.7 Å². The number of likely N-dealkylation sites (N-methyl/N-ethyl adjacent to an activating group) is 1. The number of esters is 1. The van der Waals surface area contributed by atoms with Crippen molar-refractivity contribution in [3.05, 3.63) is 74.3 Å². The lowest BCUT2D eigenvalue weighted by Gasteiger charge is -2.19. The van der Waals surface area contributed by atoms with Gasteiger partial charge in [0.05, 0.1) is 10.5 Å². The van der Waals surface area contributed by atoms with Crippen molar-refractivity contribution in [1.82, 2.24) is 4.90 Å². The molecule has 0 aliphatic heterocycles. The number of nitro groups is 1. The van der Waals surface area contributed by atoms with Crippen molar-refractivity contribution in [2.75, 3.05) is 13.7 Å². The standard InChI is InChI=1S/C20H22N2O5/c1-13-8-9-16(14(2)10-13)11-21(4)19(23)12-27-20(24)17-6-5-7-18(15(17)3)22(25)26/h5-10H,11-12H2,1-4H3. The van der Waals surface area contributed by atoms with E-state index < -0.39 is 17.5 Å². The Balaban J connectivity index is 1.99. The summed E-state index contributed by atoms with van der Waals surface area (Å²) in [6, 6.07) is 10.1. The monoisotopic (exact) mass is 370 g/mol. The first-order valence-electron chi connectivity index (χ1n) is 8.42. The van der Waals surface area contributed by atoms with E-state index in [0.29, 0.717) is 6.54 Å². The summed E-state index contributed by atoms with van der Waals surface area (Å²) in [5, 5.41) is 11.0. The van der Waals surface area contributed by atoms with Gasteiger partial charge < -0.3 is 9.64 Å². The molecule has 0 N–H and O–H groups in total. The van der Waals surface area contributed by atoms with Crippen LogP contribution < -0.4 is 0 Å². The molecular weight excluding hydrogens is 348 g/mol. The molecule has 0 saturated carbocycles. The first kappa shape index (κ1) is 20.1. The van der Waals surface area contributed by atoms with Crippen LogP contribution in [0.4, 0.5) is 5.69 Å². The molecule has 0 bridgehead atoms. The highest BCUT2D eigenvalue weighted by molar-refractivity contribution is 5.93. The smallest absolute Gasteiger partial charge is 0.339 e. The van der Waals surface area contributed by atoms with E-state index in [1.165, 1.54) is 30.0 Å². The predicted molar refractivity (Wildman–Crippen MR) is 101 cm³/mol. The third-order valence-electron chi connectivity index (χ3n) is 4.38. The van der Waals surface area contributed by atoms with Crippen LogP contribution >= 0.6 is 0 Å². The first-order valence-corrected chi connectivity index (χ1v) is 8.42. The number of carbonyl (C=O) groups excluding carboxylic acids is 2. The minimum absolute atomic E-state index is 0.0778. The lowest BCUT2D eigenvalue weighted by atomic mass is 10.1. The maximum absolute atomic E-state index is 12.3. The van der Waals surface area contributed by atoms with Gasteiger partial charge in [-0.1, -0.05) is 29.8 Å². The van der Waals surface area contributed by atoms with Crippen molar-refractivity contribution in [3.8, 4) is 0 Å². The van der Waals surface area contributed by atoms with Crippen molar-refractivity contribution in [2.45, 2.75) is 27.3 Å². The maximum atomic E-state index is 12.3. The molecule has 0 unspecified atom stereocenters. The average molecular weight is 370 g/mol. The Morgan fingerprint density at radius 2 is 1.85 bits per heavy atom. The molecule has 0 aromatic heterocycles. The van der Waals surface area contributed by atoms with Crippen molar-refractivity contribution in [1.29, 1.82) is 0 Å². The molecule has 2 rings (SSSR count). The summed E-state index contributed by atoms with van der Waals surface area (Å²) in [6.45, 7) is 5.43. The van der Waals surface area contributed by atoms with Gasteiger partial charge in [0.2, 0.25) is 0 Å². The number of carbonyl (C=O) groups is 2. The van der Waals surface area contributed by atoms with Crippen molar-refractivity contribution in [3.63, 3.8) is 0 Å². The molecule has 0 heterocycles. The second kappa shape index (κ2) is 8.44. The average Bonchev–Trinajstić information content (AvgIpc) is 2.61. The topological polar surface area (TPSA) is 89.8 Å². The van der Waals surface area contributed by atoms with Crippen LogP contribution in [0.25, 0.3) is 0 Å². The van der Waals surface area contributed by atoms with Crippen molar-refractivity contribution >= 4 is 17.6 Å². The highest BCUT2D eigenvalue weighted by atomic mass is 16.6. The Bertz CT molecular complexity index is 892.